The van der Waals surface area contributed by atoms with Crippen LogP contribution in [0, 0.1) is 6.92 Å². The normalized spacial score (nSPS) is 11.4. The van der Waals surface area contributed by atoms with Gasteiger partial charge in [-0.25, -0.2) is 9.97 Å². The average molecular weight is 227 g/mol. The van der Waals surface area contributed by atoms with Gasteiger partial charge in [-0.2, -0.15) is 0 Å². The quantitative estimate of drug-likeness (QED) is 0.730. The predicted molar refractivity (Wildman–Crippen MR) is 66.8 cm³/mol. The molecule has 2 aromatic heterocycles. The number of hydrogen-bond donors (Lipinski definition) is 1. The number of aromatic nitrogens is 2. The molecule has 4 heteroatoms. The highest BCUT2D eigenvalue weighted by Crippen LogP contribution is 2.28. The molecular formula is C13H13N3O. The van der Waals surface area contributed by atoms with E-state index in [4.69, 9.17) is 4.42 Å². The molecule has 0 saturated heterocycles. The van der Waals surface area contributed by atoms with Crippen LogP contribution in [0.1, 0.15) is 11.5 Å². The summed E-state index contributed by atoms with van der Waals surface area (Å²) in [6.45, 7) is 2.58. The molecule has 0 radical (unpaired) electrons. The molecule has 2 heterocycles. The zero-order valence-corrected chi connectivity index (χ0v) is 9.82. The fourth-order valence-electron chi connectivity index (χ4n) is 2.06. The van der Waals surface area contributed by atoms with Gasteiger partial charge in [-0.05, 0) is 26.1 Å². The van der Waals surface area contributed by atoms with Gasteiger partial charge in [0.25, 0.3) is 0 Å². The van der Waals surface area contributed by atoms with Crippen molar-refractivity contribution < 1.29 is 4.42 Å². The lowest BCUT2D eigenvalue weighted by atomic mass is 10.2. The first-order valence-electron chi connectivity index (χ1n) is 5.59. The highest BCUT2D eigenvalue weighted by atomic mass is 16.3. The maximum absolute atomic E-state index is 5.83. The minimum absolute atomic E-state index is 0.680. The second-order valence-corrected chi connectivity index (χ2v) is 4.02. The molecule has 1 N–H and O–H groups in total. The van der Waals surface area contributed by atoms with Crippen molar-refractivity contribution in [2.24, 2.45) is 0 Å². The van der Waals surface area contributed by atoms with Gasteiger partial charge in [0.1, 0.15) is 22.6 Å². The third kappa shape index (κ3) is 1.57. The first-order valence-corrected chi connectivity index (χ1v) is 5.59. The Bertz CT molecular complexity index is 688. The van der Waals surface area contributed by atoms with Crippen molar-refractivity contribution in [1.82, 2.24) is 15.3 Å². The maximum atomic E-state index is 5.83. The van der Waals surface area contributed by atoms with Gasteiger partial charge >= 0.3 is 0 Å². The summed E-state index contributed by atoms with van der Waals surface area (Å²) in [6, 6.07) is 7.93. The fourth-order valence-corrected chi connectivity index (χ4v) is 2.06. The zero-order valence-electron chi connectivity index (χ0n) is 9.82. The van der Waals surface area contributed by atoms with E-state index < -0.39 is 0 Å². The molecule has 0 spiro atoms. The van der Waals surface area contributed by atoms with Gasteiger partial charge in [-0.3, -0.25) is 0 Å². The van der Waals surface area contributed by atoms with E-state index in [9.17, 15) is 0 Å². The summed E-state index contributed by atoms with van der Waals surface area (Å²) in [7, 11) is 1.89. The highest BCUT2D eigenvalue weighted by molar-refractivity contribution is 6.02. The van der Waals surface area contributed by atoms with Gasteiger partial charge in [0.15, 0.2) is 5.58 Å². The highest BCUT2D eigenvalue weighted by Gasteiger charge is 2.13. The summed E-state index contributed by atoms with van der Waals surface area (Å²) in [5, 5.41) is 4.14. The van der Waals surface area contributed by atoms with E-state index in [0.717, 1.165) is 33.6 Å². The first-order chi connectivity index (χ1) is 8.29. The molecule has 0 aliphatic heterocycles. The molecule has 17 heavy (non-hydrogen) atoms. The standard InChI is InChI=1S/C13H13N3O/c1-8-15-10(7-14-2)13-12(16-8)9-5-3-4-6-11(9)17-13/h3-6,14H,7H2,1-2H3. The van der Waals surface area contributed by atoms with Gasteiger partial charge in [0, 0.05) is 11.9 Å². The van der Waals surface area contributed by atoms with Crippen LogP contribution in [0.4, 0.5) is 0 Å². The molecule has 0 atom stereocenters. The monoisotopic (exact) mass is 227 g/mol. The van der Waals surface area contributed by atoms with E-state index >= 15 is 0 Å². The maximum Gasteiger partial charge on any atom is 0.176 e. The van der Waals surface area contributed by atoms with Crippen molar-refractivity contribution in [2.75, 3.05) is 7.05 Å². The predicted octanol–water partition coefficient (Wildman–Crippen LogP) is 2.40. The Morgan fingerprint density at radius 2 is 2.06 bits per heavy atom. The fraction of sp³-hybridized carbons (Fsp3) is 0.231. The minimum Gasteiger partial charge on any atom is -0.452 e. The smallest absolute Gasteiger partial charge is 0.176 e. The summed E-state index contributed by atoms with van der Waals surface area (Å²) in [5.74, 6) is 0.773. The molecule has 3 aromatic rings. The van der Waals surface area contributed by atoms with Crippen LogP contribution >= 0.6 is 0 Å². The van der Waals surface area contributed by atoms with E-state index in [0.29, 0.717) is 6.54 Å². The molecule has 0 aliphatic carbocycles. The number of fused-ring (bicyclic) bond motifs is 3. The van der Waals surface area contributed by atoms with E-state index in [-0.39, 0.29) is 0 Å². The molecule has 0 unspecified atom stereocenters. The summed E-state index contributed by atoms with van der Waals surface area (Å²) in [4.78, 5) is 8.89. The Kier molecular flexibility index (Phi) is 2.30. The van der Waals surface area contributed by atoms with Crippen molar-refractivity contribution in [1.29, 1.82) is 0 Å². The van der Waals surface area contributed by atoms with E-state index in [1.807, 2.05) is 38.2 Å². The van der Waals surface area contributed by atoms with Crippen molar-refractivity contribution >= 4 is 22.1 Å². The number of benzene rings is 1. The molecule has 0 amide bonds. The molecular weight excluding hydrogens is 214 g/mol. The third-order valence-electron chi connectivity index (χ3n) is 2.75. The van der Waals surface area contributed by atoms with Crippen molar-refractivity contribution in [3.05, 3.63) is 35.8 Å². The van der Waals surface area contributed by atoms with Gasteiger partial charge in [0.05, 0.1) is 0 Å². The Labute approximate surface area is 98.7 Å². The lowest BCUT2D eigenvalue weighted by Crippen LogP contribution is -2.08. The van der Waals surface area contributed by atoms with E-state index in [1.165, 1.54) is 0 Å². The van der Waals surface area contributed by atoms with Gasteiger partial charge in [-0.1, -0.05) is 12.1 Å². The lowest BCUT2D eigenvalue weighted by Gasteiger charge is -2.01. The van der Waals surface area contributed by atoms with Crippen molar-refractivity contribution in [2.45, 2.75) is 13.5 Å². The van der Waals surface area contributed by atoms with E-state index in [2.05, 4.69) is 15.3 Å². The van der Waals surface area contributed by atoms with Crippen LogP contribution in [-0.4, -0.2) is 17.0 Å². The van der Waals surface area contributed by atoms with Crippen molar-refractivity contribution in [3.8, 4) is 0 Å². The molecule has 0 fully saturated rings. The average Bonchev–Trinajstić information content (AvgIpc) is 2.69. The van der Waals surface area contributed by atoms with Crippen LogP contribution in [0.15, 0.2) is 28.7 Å². The molecule has 0 bridgehead atoms. The number of hydrogen-bond acceptors (Lipinski definition) is 4. The molecule has 3 rings (SSSR count). The molecule has 4 nitrogen and oxygen atoms in total. The molecule has 0 saturated carbocycles. The zero-order chi connectivity index (χ0) is 11.8. The number of nitrogens with one attached hydrogen (secondary N) is 1. The third-order valence-corrected chi connectivity index (χ3v) is 2.75. The van der Waals surface area contributed by atoms with Crippen LogP contribution in [0.5, 0.6) is 0 Å². The SMILES string of the molecule is CNCc1nc(C)nc2c1oc1ccccc12. The Morgan fingerprint density at radius 3 is 2.88 bits per heavy atom. The van der Waals surface area contributed by atoms with Crippen LogP contribution < -0.4 is 5.32 Å². The molecule has 86 valence electrons. The number of nitrogens with zero attached hydrogens (tertiary/aromatic N) is 2. The second-order valence-electron chi connectivity index (χ2n) is 4.02. The number of para-hydroxylation sites is 1. The topological polar surface area (TPSA) is 51.0 Å². The van der Waals surface area contributed by atoms with Gasteiger partial charge < -0.3 is 9.73 Å². The number of furan rings is 1. The summed E-state index contributed by atoms with van der Waals surface area (Å²) in [5.41, 5.74) is 3.45. The lowest BCUT2D eigenvalue weighted by molar-refractivity contribution is 0.648. The largest absolute Gasteiger partial charge is 0.452 e. The number of aryl methyl sites for hydroxylation is 1. The van der Waals surface area contributed by atoms with Crippen LogP contribution in [0.25, 0.3) is 22.1 Å². The first kappa shape index (κ1) is 10.2. The van der Waals surface area contributed by atoms with E-state index in [1.54, 1.807) is 0 Å². The number of rotatable bonds is 2. The summed E-state index contributed by atoms with van der Waals surface area (Å²) < 4.78 is 5.83. The van der Waals surface area contributed by atoms with Crippen LogP contribution in [-0.2, 0) is 6.54 Å². The molecule has 1 aromatic carbocycles. The minimum atomic E-state index is 0.680. The Balaban J connectivity index is 2.42. The Hall–Kier alpha value is -1.94. The van der Waals surface area contributed by atoms with Crippen LogP contribution in [0.3, 0.4) is 0 Å². The van der Waals surface area contributed by atoms with Gasteiger partial charge in [-0.15, -0.1) is 0 Å². The summed E-state index contributed by atoms with van der Waals surface area (Å²) in [6.07, 6.45) is 0. The van der Waals surface area contributed by atoms with Crippen LogP contribution in [0.2, 0.25) is 0 Å². The van der Waals surface area contributed by atoms with Gasteiger partial charge in [0.2, 0.25) is 0 Å². The Morgan fingerprint density at radius 1 is 1.24 bits per heavy atom. The second kappa shape index (κ2) is 3.82. The molecule has 0 aliphatic rings. The van der Waals surface area contributed by atoms with Crippen molar-refractivity contribution in [3.63, 3.8) is 0 Å². The summed E-state index contributed by atoms with van der Waals surface area (Å²) >= 11 is 0.